The second-order valence-corrected chi connectivity index (χ2v) is 6.55. The number of aromatic nitrogens is 2. The van der Waals surface area contributed by atoms with Gasteiger partial charge in [-0.3, -0.25) is 9.59 Å². The monoisotopic (exact) mass is 392 g/mol. The van der Waals surface area contributed by atoms with Crippen LogP contribution in [0.5, 0.6) is 11.5 Å². The number of amides is 2. The number of rotatable bonds is 5. The summed E-state index contributed by atoms with van der Waals surface area (Å²) in [4.78, 5) is 25.1. The summed E-state index contributed by atoms with van der Waals surface area (Å²) in [5, 5.41) is 10.2. The maximum Gasteiger partial charge on any atom is 0.249 e. The Balaban J connectivity index is 1.62. The molecule has 2 heterocycles. The molecule has 1 aliphatic heterocycles. The number of nitrogens with one attached hydrogen (secondary N) is 2. The van der Waals surface area contributed by atoms with E-state index in [4.69, 9.17) is 9.47 Å². The van der Waals surface area contributed by atoms with Crippen LogP contribution in [0.4, 0.5) is 11.5 Å². The highest BCUT2D eigenvalue weighted by atomic mass is 16.5. The Morgan fingerprint density at radius 2 is 1.86 bits per heavy atom. The fourth-order valence-corrected chi connectivity index (χ4v) is 3.27. The van der Waals surface area contributed by atoms with E-state index in [0.717, 1.165) is 5.56 Å². The number of methoxy groups -OCH3 is 2. The number of nitrogens with zero attached hydrogens (tertiary/aromatic N) is 2. The second kappa shape index (κ2) is 7.67. The molecule has 0 unspecified atom stereocenters. The van der Waals surface area contributed by atoms with Gasteiger partial charge in [-0.15, -0.1) is 0 Å². The zero-order valence-electron chi connectivity index (χ0n) is 16.0. The molecule has 0 saturated carbocycles. The fraction of sp³-hybridized carbons (Fsp3) is 0.190. The summed E-state index contributed by atoms with van der Waals surface area (Å²) in [6.45, 7) is 0. The largest absolute Gasteiger partial charge is 0.493 e. The van der Waals surface area contributed by atoms with Crippen molar-refractivity contribution >= 4 is 23.3 Å². The summed E-state index contributed by atoms with van der Waals surface area (Å²) in [6, 6.07) is 15.7. The van der Waals surface area contributed by atoms with Gasteiger partial charge < -0.3 is 20.1 Å². The van der Waals surface area contributed by atoms with E-state index in [1.54, 1.807) is 36.1 Å². The Hall–Kier alpha value is -3.81. The number of hydrogen-bond donors (Lipinski definition) is 2. The van der Waals surface area contributed by atoms with Crippen molar-refractivity contribution in [3.05, 3.63) is 54.6 Å². The summed E-state index contributed by atoms with van der Waals surface area (Å²) in [6.07, 6.45) is 0.00202. The molecular formula is C21H20N4O4. The number of benzene rings is 2. The molecule has 8 nitrogen and oxygen atoms in total. The lowest BCUT2D eigenvalue weighted by molar-refractivity contribution is -0.125. The van der Waals surface area contributed by atoms with Gasteiger partial charge in [0.05, 0.1) is 26.3 Å². The molecule has 2 amide bonds. The van der Waals surface area contributed by atoms with Crippen LogP contribution in [0.3, 0.4) is 0 Å². The van der Waals surface area contributed by atoms with Gasteiger partial charge in [0.1, 0.15) is 11.9 Å². The molecule has 0 spiro atoms. The van der Waals surface area contributed by atoms with E-state index >= 15 is 0 Å². The normalized spacial score (nSPS) is 15.2. The predicted molar refractivity (Wildman–Crippen MR) is 108 cm³/mol. The van der Waals surface area contributed by atoms with Gasteiger partial charge in [0.15, 0.2) is 11.5 Å². The highest BCUT2D eigenvalue weighted by Gasteiger charge is 2.32. The van der Waals surface area contributed by atoms with Crippen LogP contribution in [-0.2, 0) is 9.59 Å². The molecule has 4 rings (SSSR count). The van der Waals surface area contributed by atoms with E-state index in [0.29, 0.717) is 28.7 Å². The van der Waals surface area contributed by atoms with Crippen LogP contribution in [-0.4, -0.2) is 35.8 Å². The molecule has 2 N–H and O–H groups in total. The topological polar surface area (TPSA) is 94.5 Å². The van der Waals surface area contributed by atoms with Gasteiger partial charge >= 0.3 is 0 Å². The SMILES string of the molecule is COc1ccc(NC(=O)[C@@H]2CC(=O)Nc3cc(-c4ccccc4)nn32)cc1OC. The molecule has 1 aliphatic rings. The summed E-state index contributed by atoms with van der Waals surface area (Å²) >= 11 is 0. The van der Waals surface area contributed by atoms with Crippen LogP contribution in [0, 0.1) is 0 Å². The Labute approximate surface area is 167 Å². The van der Waals surface area contributed by atoms with E-state index in [1.807, 2.05) is 30.3 Å². The molecule has 0 aliphatic carbocycles. The maximum absolute atomic E-state index is 13.0. The van der Waals surface area contributed by atoms with Crippen molar-refractivity contribution in [1.82, 2.24) is 9.78 Å². The molecule has 0 radical (unpaired) electrons. The van der Waals surface area contributed by atoms with E-state index < -0.39 is 6.04 Å². The van der Waals surface area contributed by atoms with E-state index in [9.17, 15) is 9.59 Å². The number of ether oxygens (including phenoxy) is 2. The smallest absolute Gasteiger partial charge is 0.249 e. The zero-order chi connectivity index (χ0) is 20.4. The van der Waals surface area contributed by atoms with Crippen molar-refractivity contribution in [2.75, 3.05) is 24.9 Å². The van der Waals surface area contributed by atoms with Crippen molar-refractivity contribution < 1.29 is 19.1 Å². The van der Waals surface area contributed by atoms with Crippen LogP contribution >= 0.6 is 0 Å². The highest BCUT2D eigenvalue weighted by Crippen LogP contribution is 2.32. The first-order chi connectivity index (χ1) is 14.1. The van der Waals surface area contributed by atoms with Crippen LogP contribution in [0.25, 0.3) is 11.3 Å². The number of carbonyl (C=O) groups excluding carboxylic acids is 2. The quantitative estimate of drug-likeness (QED) is 0.696. The van der Waals surface area contributed by atoms with E-state index in [1.165, 1.54) is 7.11 Å². The third-order valence-corrected chi connectivity index (χ3v) is 4.70. The predicted octanol–water partition coefficient (Wildman–Crippen LogP) is 3.09. The summed E-state index contributed by atoms with van der Waals surface area (Å²) in [5.74, 6) is 0.982. The van der Waals surface area contributed by atoms with Crippen molar-refractivity contribution in [2.45, 2.75) is 12.5 Å². The first-order valence-electron chi connectivity index (χ1n) is 9.06. The molecule has 1 atom stereocenters. The Morgan fingerprint density at radius 3 is 2.59 bits per heavy atom. The number of fused-ring (bicyclic) bond motifs is 1. The molecule has 0 saturated heterocycles. The molecule has 29 heavy (non-hydrogen) atoms. The zero-order valence-corrected chi connectivity index (χ0v) is 16.0. The van der Waals surface area contributed by atoms with Gasteiger partial charge in [-0.25, -0.2) is 4.68 Å². The van der Waals surface area contributed by atoms with Crippen molar-refractivity contribution in [1.29, 1.82) is 0 Å². The van der Waals surface area contributed by atoms with Crippen LogP contribution in [0.2, 0.25) is 0 Å². The molecule has 148 valence electrons. The molecule has 2 aromatic carbocycles. The number of carbonyl (C=O) groups is 2. The summed E-state index contributed by atoms with van der Waals surface area (Å²) in [7, 11) is 3.07. The van der Waals surface area contributed by atoms with Crippen molar-refractivity contribution in [3.63, 3.8) is 0 Å². The standard InChI is InChI=1S/C21H20N4O4/c1-28-17-9-8-14(10-18(17)29-2)22-21(27)16-12-20(26)23-19-11-15(24-25(16)19)13-6-4-3-5-7-13/h3-11,16H,12H2,1-2H3,(H,22,27)(H,23,26)/t16-/m0/s1. The van der Waals surface area contributed by atoms with Gasteiger partial charge in [0, 0.05) is 23.4 Å². The first-order valence-corrected chi connectivity index (χ1v) is 9.06. The van der Waals surface area contributed by atoms with Crippen molar-refractivity contribution in [2.24, 2.45) is 0 Å². The number of hydrogen-bond acceptors (Lipinski definition) is 5. The fourth-order valence-electron chi connectivity index (χ4n) is 3.27. The van der Waals surface area contributed by atoms with Crippen LogP contribution in [0.1, 0.15) is 12.5 Å². The van der Waals surface area contributed by atoms with E-state index in [-0.39, 0.29) is 18.2 Å². The molecule has 3 aromatic rings. The first kappa shape index (κ1) is 18.5. The highest BCUT2D eigenvalue weighted by molar-refractivity contribution is 6.01. The third-order valence-electron chi connectivity index (χ3n) is 4.70. The lowest BCUT2D eigenvalue weighted by Crippen LogP contribution is -2.35. The minimum Gasteiger partial charge on any atom is -0.493 e. The van der Waals surface area contributed by atoms with Gasteiger partial charge in [0.2, 0.25) is 11.8 Å². The maximum atomic E-state index is 13.0. The molecule has 1 aromatic heterocycles. The molecule has 0 bridgehead atoms. The van der Waals surface area contributed by atoms with Gasteiger partial charge in [0.25, 0.3) is 0 Å². The Morgan fingerprint density at radius 1 is 1.10 bits per heavy atom. The minimum atomic E-state index is -0.760. The third kappa shape index (κ3) is 3.64. The summed E-state index contributed by atoms with van der Waals surface area (Å²) < 4.78 is 12.0. The molecular weight excluding hydrogens is 372 g/mol. The van der Waals surface area contributed by atoms with Gasteiger partial charge in [-0.1, -0.05) is 30.3 Å². The Bertz CT molecular complexity index is 1060. The molecule has 8 heteroatoms. The van der Waals surface area contributed by atoms with Gasteiger partial charge in [-0.05, 0) is 12.1 Å². The van der Waals surface area contributed by atoms with E-state index in [2.05, 4.69) is 15.7 Å². The second-order valence-electron chi connectivity index (χ2n) is 6.55. The average molecular weight is 392 g/mol. The van der Waals surface area contributed by atoms with Crippen LogP contribution in [0.15, 0.2) is 54.6 Å². The van der Waals surface area contributed by atoms with Crippen LogP contribution < -0.4 is 20.1 Å². The van der Waals surface area contributed by atoms with Crippen molar-refractivity contribution in [3.8, 4) is 22.8 Å². The number of anilines is 2. The Kier molecular flexibility index (Phi) is 4.90. The average Bonchev–Trinajstić information content (AvgIpc) is 3.17. The molecule has 0 fully saturated rings. The summed E-state index contributed by atoms with van der Waals surface area (Å²) in [5.41, 5.74) is 2.13. The lowest BCUT2D eigenvalue weighted by Gasteiger charge is -2.23. The minimum absolute atomic E-state index is 0.00202. The van der Waals surface area contributed by atoms with Gasteiger partial charge in [-0.2, -0.15) is 5.10 Å². The lowest BCUT2D eigenvalue weighted by atomic mass is 10.1.